The van der Waals surface area contributed by atoms with Gasteiger partial charge in [0.15, 0.2) is 5.60 Å². The second kappa shape index (κ2) is 6.79. The molecule has 0 bridgehead atoms. The highest BCUT2D eigenvalue weighted by Crippen LogP contribution is 2.32. The van der Waals surface area contributed by atoms with Gasteiger partial charge < -0.3 is 15.4 Å². The number of hydrogen-bond donors (Lipinski definition) is 2. The van der Waals surface area contributed by atoms with Crippen LogP contribution in [-0.4, -0.2) is 46.2 Å². The average molecular weight is 347 g/mol. The first-order chi connectivity index (χ1) is 12.0. The Balaban J connectivity index is 1.84. The number of H-pyrrole nitrogens is 1. The molecule has 3 N–H and O–H groups in total. The molecule has 7 nitrogen and oxygen atoms in total. The summed E-state index contributed by atoms with van der Waals surface area (Å²) in [6.45, 7) is 2.65. The quantitative estimate of drug-likeness (QED) is 0.879. The summed E-state index contributed by atoms with van der Waals surface area (Å²) in [7, 11) is 1.42. The zero-order chi connectivity index (χ0) is 18.0. The molecule has 0 radical (unpaired) electrons. The number of piperidine rings is 1. The van der Waals surface area contributed by atoms with Crippen LogP contribution in [0.15, 0.2) is 24.3 Å². The number of amides is 1. The van der Waals surface area contributed by atoms with Gasteiger partial charge in [0.25, 0.3) is 5.91 Å². The standard InChI is InChI=1S/C17H22FN5O2/c1-17(25-2,12-7-3-4-8-13(12)18)15(24)23-9-5-6-11(10-23)14-20-16(19)22-21-14/h3-4,7-8,11H,5-6,9-10H2,1-2H3,(H3,19,20,21,22)/t11-,17+/m1/s1. The summed E-state index contributed by atoms with van der Waals surface area (Å²) in [4.78, 5) is 19.0. The number of hydrogen-bond acceptors (Lipinski definition) is 5. The highest BCUT2D eigenvalue weighted by Gasteiger charge is 2.42. The number of carbonyl (C=O) groups is 1. The zero-order valence-electron chi connectivity index (χ0n) is 14.3. The Bertz CT molecular complexity index is 765. The molecule has 1 aromatic heterocycles. The fraction of sp³-hybridized carbons (Fsp3) is 0.471. The maximum Gasteiger partial charge on any atom is 0.259 e. The minimum absolute atomic E-state index is 0.0178. The molecule has 2 aromatic rings. The summed E-state index contributed by atoms with van der Waals surface area (Å²) >= 11 is 0. The van der Waals surface area contributed by atoms with E-state index in [2.05, 4.69) is 15.2 Å². The first kappa shape index (κ1) is 17.3. The van der Waals surface area contributed by atoms with E-state index in [1.165, 1.54) is 13.2 Å². The topological polar surface area (TPSA) is 97.1 Å². The summed E-state index contributed by atoms with van der Waals surface area (Å²) in [5, 5.41) is 6.66. The minimum atomic E-state index is -1.38. The van der Waals surface area contributed by atoms with Crippen molar-refractivity contribution in [2.45, 2.75) is 31.3 Å². The molecule has 3 rings (SSSR count). The summed E-state index contributed by atoms with van der Waals surface area (Å²) in [5.74, 6) is 0.143. The van der Waals surface area contributed by atoms with Crippen molar-refractivity contribution in [3.05, 3.63) is 41.5 Å². The number of rotatable bonds is 4. The zero-order valence-corrected chi connectivity index (χ0v) is 14.3. The predicted octanol–water partition coefficient (Wildman–Crippen LogP) is 1.79. The third-order valence-electron chi connectivity index (χ3n) is 4.82. The molecule has 0 aliphatic carbocycles. The maximum atomic E-state index is 14.3. The summed E-state index contributed by atoms with van der Waals surface area (Å²) in [5.41, 5.74) is 4.42. The van der Waals surface area contributed by atoms with Crippen LogP contribution in [-0.2, 0) is 15.1 Å². The lowest BCUT2D eigenvalue weighted by Crippen LogP contribution is -2.50. The number of anilines is 1. The van der Waals surface area contributed by atoms with Crippen molar-refractivity contribution >= 4 is 11.9 Å². The van der Waals surface area contributed by atoms with E-state index in [0.717, 1.165) is 12.8 Å². The molecule has 1 amide bonds. The van der Waals surface area contributed by atoms with E-state index in [0.29, 0.717) is 18.9 Å². The number of methoxy groups -OCH3 is 1. The fourth-order valence-electron chi connectivity index (χ4n) is 3.32. The Kier molecular flexibility index (Phi) is 4.71. The number of carbonyl (C=O) groups excluding carboxylic acids is 1. The van der Waals surface area contributed by atoms with Gasteiger partial charge in [0.2, 0.25) is 5.95 Å². The van der Waals surface area contributed by atoms with Crippen molar-refractivity contribution in [2.75, 3.05) is 25.9 Å². The van der Waals surface area contributed by atoms with E-state index in [1.54, 1.807) is 30.0 Å². The Labute approximate surface area is 145 Å². The predicted molar refractivity (Wildman–Crippen MR) is 90.1 cm³/mol. The molecular formula is C17H22FN5O2. The van der Waals surface area contributed by atoms with E-state index in [4.69, 9.17) is 10.5 Å². The monoisotopic (exact) mass is 347 g/mol. The number of benzene rings is 1. The Morgan fingerprint density at radius 1 is 1.48 bits per heavy atom. The summed E-state index contributed by atoms with van der Waals surface area (Å²) in [6, 6.07) is 6.19. The molecule has 1 fully saturated rings. The highest BCUT2D eigenvalue weighted by atomic mass is 19.1. The van der Waals surface area contributed by atoms with Crippen molar-refractivity contribution in [1.82, 2.24) is 20.1 Å². The first-order valence-electron chi connectivity index (χ1n) is 8.23. The van der Waals surface area contributed by atoms with Gasteiger partial charge in [-0.3, -0.25) is 9.89 Å². The molecule has 2 heterocycles. The Morgan fingerprint density at radius 3 is 2.88 bits per heavy atom. The lowest BCUT2D eigenvalue weighted by molar-refractivity contribution is -0.156. The number of nitrogens with zero attached hydrogens (tertiary/aromatic N) is 3. The Hall–Kier alpha value is -2.48. The SMILES string of the molecule is CO[C@](C)(C(=O)N1CCC[C@@H](c2nc(N)n[nH]2)C1)c1ccccc1F. The fourth-order valence-corrected chi connectivity index (χ4v) is 3.32. The molecule has 1 saturated heterocycles. The summed E-state index contributed by atoms with van der Waals surface area (Å²) in [6.07, 6.45) is 1.69. The molecule has 25 heavy (non-hydrogen) atoms. The van der Waals surface area contributed by atoms with Crippen LogP contribution in [0.2, 0.25) is 0 Å². The van der Waals surface area contributed by atoms with E-state index in [1.807, 2.05) is 0 Å². The smallest absolute Gasteiger partial charge is 0.259 e. The van der Waals surface area contributed by atoms with Crippen molar-refractivity contribution in [3.63, 3.8) is 0 Å². The number of nitrogens with two attached hydrogens (primary N) is 1. The third kappa shape index (κ3) is 3.21. The van der Waals surface area contributed by atoms with Gasteiger partial charge in [-0.15, -0.1) is 5.10 Å². The van der Waals surface area contributed by atoms with Gasteiger partial charge in [-0.2, -0.15) is 4.98 Å². The number of likely N-dealkylation sites (tertiary alicyclic amines) is 1. The van der Waals surface area contributed by atoms with Crippen LogP contribution in [0.25, 0.3) is 0 Å². The highest BCUT2D eigenvalue weighted by molar-refractivity contribution is 5.86. The van der Waals surface area contributed by atoms with Gasteiger partial charge in [-0.05, 0) is 25.8 Å². The number of halogens is 1. The number of nitrogens with one attached hydrogen (secondary N) is 1. The van der Waals surface area contributed by atoms with Gasteiger partial charge in [0.05, 0.1) is 0 Å². The second-order valence-corrected chi connectivity index (χ2v) is 6.39. The lowest BCUT2D eigenvalue weighted by Gasteiger charge is -2.38. The lowest BCUT2D eigenvalue weighted by atomic mass is 9.90. The molecule has 8 heteroatoms. The van der Waals surface area contributed by atoms with Crippen LogP contribution in [0.1, 0.15) is 37.1 Å². The van der Waals surface area contributed by atoms with Crippen LogP contribution < -0.4 is 5.73 Å². The molecule has 0 spiro atoms. The molecular weight excluding hydrogens is 325 g/mol. The molecule has 1 aliphatic heterocycles. The summed E-state index contributed by atoms with van der Waals surface area (Å²) < 4.78 is 19.7. The van der Waals surface area contributed by atoms with Crippen LogP contribution in [0.5, 0.6) is 0 Å². The van der Waals surface area contributed by atoms with Gasteiger partial charge >= 0.3 is 0 Å². The molecule has 0 unspecified atom stereocenters. The molecule has 134 valence electrons. The van der Waals surface area contributed by atoms with Crippen molar-refractivity contribution < 1.29 is 13.9 Å². The number of nitrogen functional groups attached to an aromatic ring is 1. The molecule has 2 atom stereocenters. The van der Waals surface area contributed by atoms with Crippen LogP contribution in [0.4, 0.5) is 10.3 Å². The van der Waals surface area contributed by atoms with E-state index < -0.39 is 11.4 Å². The van der Waals surface area contributed by atoms with E-state index in [-0.39, 0.29) is 23.3 Å². The van der Waals surface area contributed by atoms with Crippen molar-refractivity contribution in [1.29, 1.82) is 0 Å². The maximum absolute atomic E-state index is 14.3. The van der Waals surface area contributed by atoms with E-state index in [9.17, 15) is 9.18 Å². The van der Waals surface area contributed by atoms with Crippen molar-refractivity contribution in [3.8, 4) is 0 Å². The van der Waals surface area contributed by atoms with Crippen LogP contribution >= 0.6 is 0 Å². The Morgan fingerprint density at radius 2 is 2.24 bits per heavy atom. The molecule has 0 saturated carbocycles. The molecule has 1 aromatic carbocycles. The second-order valence-electron chi connectivity index (χ2n) is 6.39. The van der Waals surface area contributed by atoms with Crippen LogP contribution in [0, 0.1) is 5.82 Å². The molecule has 1 aliphatic rings. The number of aromatic nitrogens is 3. The normalized spacial score (nSPS) is 20.3. The number of aromatic amines is 1. The third-order valence-corrected chi connectivity index (χ3v) is 4.82. The largest absolute Gasteiger partial charge is 0.367 e. The number of ether oxygens (including phenoxy) is 1. The van der Waals surface area contributed by atoms with Gasteiger partial charge in [-0.25, -0.2) is 4.39 Å². The first-order valence-corrected chi connectivity index (χ1v) is 8.23. The van der Waals surface area contributed by atoms with Gasteiger partial charge in [0.1, 0.15) is 11.6 Å². The minimum Gasteiger partial charge on any atom is -0.367 e. The van der Waals surface area contributed by atoms with E-state index >= 15 is 0 Å². The average Bonchev–Trinajstić information content (AvgIpc) is 3.07. The van der Waals surface area contributed by atoms with Crippen molar-refractivity contribution in [2.24, 2.45) is 0 Å². The van der Waals surface area contributed by atoms with Gasteiger partial charge in [-0.1, -0.05) is 18.2 Å². The van der Waals surface area contributed by atoms with Gasteiger partial charge in [0, 0.05) is 31.7 Å². The van der Waals surface area contributed by atoms with Crippen LogP contribution in [0.3, 0.4) is 0 Å².